The molecule has 0 radical (unpaired) electrons. The third kappa shape index (κ3) is 22.3. The van der Waals surface area contributed by atoms with E-state index in [4.69, 9.17) is 0 Å². The maximum absolute atomic E-state index is 4.60. The standard InChI is InChI=1S/3C13H20N.Nb.O/c3*1-10-6-11(2)8-12(7-10)14-9-13(3,4)5;;/h3*6-8H,9H2,1-5H3;;/q3*-1;+5;-2. The van der Waals surface area contributed by atoms with Crippen molar-refractivity contribution < 1.29 is 27.9 Å². The minimum Gasteiger partial charge on any atom is -2.00 e. The zero-order valence-electron chi connectivity index (χ0n) is 30.5. The Kier molecular flexibility index (Phi) is 19.3. The molecule has 0 aliphatic heterocycles. The van der Waals surface area contributed by atoms with Crippen LogP contribution in [0.5, 0.6) is 0 Å². The van der Waals surface area contributed by atoms with Crippen LogP contribution >= 0.6 is 0 Å². The van der Waals surface area contributed by atoms with Crippen LogP contribution in [0.3, 0.4) is 0 Å². The van der Waals surface area contributed by atoms with Gasteiger partial charge in [-0.2, -0.15) is 0 Å². The summed E-state index contributed by atoms with van der Waals surface area (Å²) >= 11 is 0. The van der Waals surface area contributed by atoms with Crippen LogP contribution in [0, 0.1) is 57.8 Å². The van der Waals surface area contributed by atoms with Crippen molar-refractivity contribution >= 4 is 17.1 Å². The summed E-state index contributed by atoms with van der Waals surface area (Å²) < 4.78 is 0. The molecule has 3 aromatic rings. The van der Waals surface area contributed by atoms with Crippen LogP contribution in [0.25, 0.3) is 16.0 Å². The Morgan fingerprint density at radius 2 is 0.523 bits per heavy atom. The van der Waals surface area contributed by atoms with Crippen LogP contribution in [0.15, 0.2) is 54.6 Å². The van der Waals surface area contributed by atoms with E-state index in [2.05, 4.69) is 174 Å². The number of rotatable bonds is 6. The first-order chi connectivity index (χ1) is 19.1. The second-order valence-electron chi connectivity index (χ2n) is 15.7. The molecule has 242 valence electrons. The van der Waals surface area contributed by atoms with Crippen LogP contribution in [0.4, 0.5) is 17.1 Å². The van der Waals surface area contributed by atoms with Crippen molar-refractivity contribution in [1.82, 2.24) is 0 Å². The summed E-state index contributed by atoms with van der Waals surface area (Å²) in [6.07, 6.45) is 0. The van der Waals surface area contributed by atoms with Gasteiger partial charge in [-0.25, -0.2) is 0 Å². The van der Waals surface area contributed by atoms with E-state index in [9.17, 15) is 0 Å². The Hall–Kier alpha value is -2.24. The molecule has 0 aliphatic rings. The van der Waals surface area contributed by atoms with Crippen LogP contribution in [-0.2, 0) is 27.9 Å². The van der Waals surface area contributed by atoms with E-state index < -0.39 is 0 Å². The van der Waals surface area contributed by atoms with Gasteiger partial charge >= 0.3 is 22.4 Å². The molecule has 0 aliphatic carbocycles. The van der Waals surface area contributed by atoms with Gasteiger partial charge in [0.25, 0.3) is 0 Å². The van der Waals surface area contributed by atoms with E-state index in [1.807, 2.05) is 0 Å². The second-order valence-corrected chi connectivity index (χ2v) is 15.7. The van der Waals surface area contributed by atoms with Crippen LogP contribution in [-0.4, -0.2) is 19.6 Å². The topological polar surface area (TPSA) is 70.8 Å². The summed E-state index contributed by atoms with van der Waals surface area (Å²) in [4.78, 5) is 0. The molecule has 0 aromatic heterocycles. The van der Waals surface area contributed by atoms with Gasteiger partial charge in [-0.05, 0) is 41.5 Å². The largest absolute Gasteiger partial charge is 5.00 e. The van der Waals surface area contributed by atoms with E-state index >= 15 is 0 Å². The van der Waals surface area contributed by atoms with E-state index in [0.717, 1.165) is 36.7 Å². The number of nitrogens with zero attached hydrogens (tertiary/aromatic N) is 3. The van der Waals surface area contributed by atoms with E-state index in [1.165, 1.54) is 33.4 Å². The smallest absolute Gasteiger partial charge is 2.00 e. The van der Waals surface area contributed by atoms with Gasteiger partial charge in [-0.3, -0.25) is 0 Å². The van der Waals surface area contributed by atoms with Crippen molar-refractivity contribution in [2.75, 3.05) is 19.6 Å². The first-order valence-corrected chi connectivity index (χ1v) is 15.4. The average Bonchev–Trinajstić information content (AvgIpc) is 2.78. The zero-order valence-corrected chi connectivity index (χ0v) is 32.7. The van der Waals surface area contributed by atoms with Gasteiger partial charge in [0.05, 0.1) is 0 Å². The zero-order chi connectivity index (χ0) is 32.3. The van der Waals surface area contributed by atoms with Crippen molar-refractivity contribution in [3.05, 3.63) is 104 Å². The third-order valence-corrected chi connectivity index (χ3v) is 5.83. The summed E-state index contributed by atoms with van der Waals surface area (Å²) in [5, 5.41) is 13.8. The fourth-order valence-corrected chi connectivity index (χ4v) is 4.11. The molecule has 0 spiro atoms. The fourth-order valence-electron chi connectivity index (χ4n) is 4.11. The van der Waals surface area contributed by atoms with E-state index in [1.54, 1.807) is 0 Å². The molecule has 0 fully saturated rings. The minimum absolute atomic E-state index is 0. The number of hydrogen-bond acceptors (Lipinski definition) is 0. The first-order valence-electron chi connectivity index (χ1n) is 15.4. The molecule has 5 heteroatoms. The van der Waals surface area contributed by atoms with Gasteiger partial charge in [0.15, 0.2) is 0 Å². The van der Waals surface area contributed by atoms with Gasteiger partial charge in [0, 0.05) is 0 Å². The number of benzene rings is 3. The van der Waals surface area contributed by atoms with Gasteiger partial charge in [-0.15, -0.1) is 36.7 Å². The predicted octanol–water partition coefficient (Wildman–Crippen LogP) is 12.9. The first kappa shape index (κ1) is 43.9. The van der Waals surface area contributed by atoms with Crippen molar-refractivity contribution in [3.8, 4) is 0 Å². The number of aryl methyl sites for hydroxylation is 6. The maximum atomic E-state index is 4.60. The molecule has 3 rings (SSSR count). The number of hydrogen-bond donors (Lipinski definition) is 0. The Balaban J connectivity index is 0. The minimum atomic E-state index is 0. The van der Waals surface area contributed by atoms with Gasteiger partial charge < -0.3 is 21.4 Å². The van der Waals surface area contributed by atoms with Crippen molar-refractivity contribution in [2.24, 2.45) is 16.2 Å². The van der Waals surface area contributed by atoms with Gasteiger partial charge in [-0.1, -0.05) is 167 Å². The molecule has 44 heavy (non-hydrogen) atoms. The molecule has 0 saturated carbocycles. The summed E-state index contributed by atoms with van der Waals surface area (Å²) in [5.74, 6) is 0. The molecule has 4 nitrogen and oxygen atoms in total. The molecule has 3 aromatic carbocycles. The van der Waals surface area contributed by atoms with Crippen LogP contribution in [0.1, 0.15) is 95.7 Å². The average molecular weight is 680 g/mol. The second kappa shape index (κ2) is 19.3. The van der Waals surface area contributed by atoms with Gasteiger partial charge in [0.2, 0.25) is 0 Å². The molecule has 0 heterocycles. The molecule has 0 N–H and O–H groups in total. The molecule has 0 bridgehead atoms. The Bertz CT molecular complexity index is 1030. The molecule has 0 saturated heterocycles. The Labute approximate surface area is 287 Å². The van der Waals surface area contributed by atoms with E-state index in [0.29, 0.717) is 0 Å². The Morgan fingerprint density at radius 3 is 0.659 bits per heavy atom. The Morgan fingerprint density at radius 1 is 0.364 bits per heavy atom. The predicted molar refractivity (Wildman–Crippen MR) is 190 cm³/mol. The fraction of sp³-hybridized carbons (Fsp3) is 0.538. The summed E-state index contributed by atoms with van der Waals surface area (Å²) in [7, 11) is 0. The molecular weight excluding hydrogens is 619 g/mol. The van der Waals surface area contributed by atoms with Gasteiger partial charge in [0.1, 0.15) is 0 Å². The summed E-state index contributed by atoms with van der Waals surface area (Å²) in [6, 6.07) is 19.4. The monoisotopic (exact) mass is 679 g/mol. The molecule has 0 unspecified atom stereocenters. The molecular formula is C39H60N3NbO. The van der Waals surface area contributed by atoms with Crippen molar-refractivity contribution in [1.29, 1.82) is 0 Å². The molecule has 0 amide bonds. The normalized spacial score (nSPS) is 11.0. The van der Waals surface area contributed by atoms with E-state index in [-0.39, 0.29) is 44.1 Å². The SMILES string of the molecule is Cc1cc(C)cc([N-]CC(C)(C)C)c1.Cc1cc(C)cc([N-]CC(C)(C)C)c1.Cc1cc(C)cc([N-]CC(C)(C)C)c1.[Nb+5].[O-2]. The maximum Gasteiger partial charge on any atom is 5.00 e. The van der Waals surface area contributed by atoms with Crippen molar-refractivity contribution in [3.63, 3.8) is 0 Å². The summed E-state index contributed by atoms with van der Waals surface area (Å²) in [5.41, 5.74) is 11.9. The van der Waals surface area contributed by atoms with Crippen LogP contribution < -0.4 is 0 Å². The summed E-state index contributed by atoms with van der Waals surface area (Å²) in [6.45, 7) is 35.2. The van der Waals surface area contributed by atoms with Crippen molar-refractivity contribution in [2.45, 2.75) is 104 Å². The molecule has 0 atom stereocenters. The third-order valence-electron chi connectivity index (χ3n) is 5.83. The van der Waals surface area contributed by atoms with Crippen LogP contribution in [0.2, 0.25) is 0 Å². The quantitative estimate of drug-likeness (QED) is 0.233.